The van der Waals surface area contributed by atoms with Gasteiger partial charge in [0.2, 0.25) is 0 Å². The maximum atomic E-state index is 10.0. The largest absolute Gasteiger partial charge is 0.388 e. The second-order valence-corrected chi connectivity index (χ2v) is 5.35. The molecule has 0 aliphatic heterocycles. The summed E-state index contributed by atoms with van der Waals surface area (Å²) in [4.78, 5) is 2.29. The predicted molar refractivity (Wildman–Crippen MR) is 76.5 cm³/mol. The van der Waals surface area contributed by atoms with E-state index in [0.717, 1.165) is 25.1 Å². The van der Waals surface area contributed by atoms with Gasteiger partial charge in [-0.3, -0.25) is 0 Å². The van der Waals surface area contributed by atoms with Crippen molar-refractivity contribution in [3.63, 3.8) is 0 Å². The third-order valence-electron chi connectivity index (χ3n) is 2.86. The Labute approximate surface area is 109 Å². The summed E-state index contributed by atoms with van der Waals surface area (Å²) < 4.78 is 0. The quantitative estimate of drug-likeness (QED) is 0.721. The molecule has 0 spiro atoms. The summed E-state index contributed by atoms with van der Waals surface area (Å²) >= 11 is 1.89. The van der Waals surface area contributed by atoms with Gasteiger partial charge in [-0.05, 0) is 44.0 Å². The van der Waals surface area contributed by atoms with E-state index >= 15 is 0 Å². The molecule has 0 fully saturated rings. The number of thioether (sulfide) groups is 1. The SMILES string of the molecule is CSCCCN(C)CCC(O)c1ccccc1. The summed E-state index contributed by atoms with van der Waals surface area (Å²) in [6, 6.07) is 9.89. The number of rotatable bonds is 8. The van der Waals surface area contributed by atoms with Crippen molar-refractivity contribution < 1.29 is 5.11 Å². The highest BCUT2D eigenvalue weighted by molar-refractivity contribution is 7.98. The summed E-state index contributed by atoms with van der Waals surface area (Å²) in [7, 11) is 2.12. The fourth-order valence-corrected chi connectivity index (χ4v) is 2.19. The number of aliphatic hydroxyl groups is 1. The van der Waals surface area contributed by atoms with Crippen molar-refractivity contribution in [3.8, 4) is 0 Å². The van der Waals surface area contributed by atoms with Crippen molar-refractivity contribution in [2.75, 3.05) is 32.1 Å². The molecular formula is C14H23NOS. The van der Waals surface area contributed by atoms with E-state index < -0.39 is 0 Å². The number of nitrogens with zero attached hydrogens (tertiary/aromatic N) is 1. The highest BCUT2D eigenvalue weighted by atomic mass is 32.2. The van der Waals surface area contributed by atoms with Gasteiger partial charge in [0.1, 0.15) is 0 Å². The Balaban J connectivity index is 2.21. The normalized spacial score (nSPS) is 12.9. The minimum atomic E-state index is -0.334. The van der Waals surface area contributed by atoms with E-state index in [1.807, 2.05) is 42.1 Å². The van der Waals surface area contributed by atoms with Crippen LogP contribution in [0.3, 0.4) is 0 Å². The van der Waals surface area contributed by atoms with Gasteiger partial charge in [0.05, 0.1) is 6.10 Å². The lowest BCUT2D eigenvalue weighted by atomic mass is 10.1. The third-order valence-corrected chi connectivity index (χ3v) is 3.55. The van der Waals surface area contributed by atoms with E-state index in [9.17, 15) is 5.11 Å². The molecule has 0 saturated carbocycles. The Hall–Kier alpha value is -0.510. The molecular weight excluding hydrogens is 230 g/mol. The third kappa shape index (κ3) is 6.10. The molecule has 0 saturated heterocycles. The van der Waals surface area contributed by atoms with Crippen molar-refractivity contribution in [3.05, 3.63) is 35.9 Å². The van der Waals surface area contributed by atoms with E-state index in [4.69, 9.17) is 0 Å². The zero-order chi connectivity index (χ0) is 12.5. The van der Waals surface area contributed by atoms with Crippen LogP contribution in [0.1, 0.15) is 24.5 Å². The van der Waals surface area contributed by atoms with Crippen LogP contribution in [0.2, 0.25) is 0 Å². The highest BCUT2D eigenvalue weighted by Gasteiger charge is 2.07. The molecule has 1 rings (SSSR count). The standard InChI is InChI=1S/C14H23NOS/c1-15(10-6-12-17-2)11-9-14(16)13-7-4-3-5-8-13/h3-5,7-8,14,16H,6,9-12H2,1-2H3. The Morgan fingerprint density at radius 3 is 2.59 bits per heavy atom. The molecule has 1 N–H and O–H groups in total. The Kier molecular flexibility index (Phi) is 7.33. The smallest absolute Gasteiger partial charge is 0.0802 e. The molecule has 0 radical (unpaired) electrons. The monoisotopic (exact) mass is 253 g/mol. The average Bonchev–Trinajstić information content (AvgIpc) is 2.37. The molecule has 0 aromatic heterocycles. The molecule has 1 unspecified atom stereocenters. The van der Waals surface area contributed by atoms with Crippen LogP contribution in [0.4, 0.5) is 0 Å². The number of hydrogen-bond donors (Lipinski definition) is 1. The zero-order valence-electron chi connectivity index (χ0n) is 10.8. The minimum Gasteiger partial charge on any atom is -0.388 e. The van der Waals surface area contributed by atoms with Crippen LogP contribution in [0.5, 0.6) is 0 Å². The number of hydrogen-bond acceptors (Lipinski definition) is 3. The van der Waals surface area contributed by atoms with Gasteiger partial charge in [-0.2, -0.15) is 11.8 Å². The van der Waals surface area contributed by atoms with Gasteiger partial charge in [0.25, 0.3) is 0 Å². The van der Waals surface area contributed by atoms with Gasteiger partial charge in [0.15, 0.2) is 0 Å². The molecule has 0 heterocycles. The van der Waals surface area contributed by atoms with E-state index in [0.29, 0.717) is 0 Å². The van der Waals surface area contributed by atoms with Crippen LogP contribution in [-0.4, -0.2) is 42.2 Å². The zero-order valence-corrected chi connectivity index (χ0v) is 11.6. The average molecular weight is 253 g/mol. The second kappa shape index (κ2) is 8.56. The van der Waals surface area contributed by atoms with Crippen LogP contribution in [0, 0.1) is 0 Å². The van der Waals surface area contributed by atoms with E-state index in [-0.39, 0.29) is 6.10 Å². The molecule has 96 valence electrons. The first-order valence-corrected chi connectivity index (χ1v) is 7.54. The topological polar surface area (TPSA) is 23.5 Å². The van der Waals surface area contributed by atoms with Gasteiger partial charge in [-0.15, -0.1) is 0 Å². The van der Waals surface area contributed by atoms with Gasteiger partial charge >= 0.3 is 0 Å². The first-order valence-electron chi connectivity index (χ1n) is 6.14. The molecule has 17 heavy (non-hydrogen) atoms. The van der Waals surface area contributed by atoms with Gasteiger partial charge in [-0.1, -0.05) is 30.3 Å². The molecule has 0 aliphatic rings. The van der Waals surface area contributed by atoms with Crippen molar-refractivity contribution in [2.24, 2.45) is 0 Å². The lowest BCUT2D eigenvalue weighted by Gasteiger charge is -2.18. The lowest BCUT2D eigenvalue weighted by molar-refractivity contribution is 0.149. The van der Waals surface area contributed by atoms with E-state index in [1.165, 1.54) is 12.2 Å². The summed E-state index contributed by atoms with van der Waals surface area (Å²) in [6.45, 7) is 2.06. The van der Waals surface area contributed by atoms with Crippen molar-refractivity contribution in [1.29, 1.82) is 0 Å². The molecule has 0 bridgehead atoms. The Morgan fingerprint density at radius 1 is 1.24 bits per heavy atom. The lowest BCUT2D eigenvalue weighted by Crippen LogP contribution is -2.22. The van der Waals surface area contributed by atoms with Crippen molar-refractivity contribution in [2.45, 2.75) is 18.9 Å². The van der Waals surface area contributed by atoms with Crippen LogP contribution in [0.15, 0.2) is 30.3 Å². The fourth-order valence-electron chi connectivity index (χ4n) is 1.78. The van der Waals surface area contributed by atoms with Gasteiger partial charge < -0.3 is 10.0 Å². The van der Waals surface area contributed by atoms with E-state index in [1.54, 1.807) is 0 Å². The molecule has 1 atom stereocenters. The first-order chi connectivity index (χ1) is 8.24. The minimum absolute atomic E-state index is 0.334. The summed E-state index contributed by atoms with van der Waals surface area (Å²) in [6.07, 6.45) is 3.83. The molecule has 1 aromatic rings. The van der Waals surface area contributed by atoms with E-state index in [2.05, 4.69) is 18.2 Å². The Morgan fingerprint density at radius 2 is 1.94 bits per heavy atom. The maximum Gasteiger partial charge on any atom is 0.0802 e. The molecule has 0 amide bonds. The summed E-state index contributed by atoms with van der Waals surface area (Å²) in [5, 5.41) is 10.0. The number of benzene rings is 1. The Bertz CT molecular complexity index is 292. The van der Waals surface area contributed by atoms with Crippen LogP contribution < -0.4 is 0 Å². The predicted octanol–water partition coefficient (Wildman–Crippen LogP) is 2.80. The summed E-state index contributed by atoms with van der Waals surface area (Å²) in [5.41, 5.74) is 1.02. The van der Waals surface area contributed by atoms with Gasteiger partial charge in [0, 0.05) is 6.54 Å². The maximum absolute atomic E-state index is 10.0. The molecule has 0 aliphatic carbocycles. The van der Waals surface area contributed by atoms with Crippen molar-refractivity contribution in [1.82, 2.24) is 4.90 Å². The van der Waals surface area contributed by atoms with Crippen LogP contribution in [-0.2, 0) is 0 Å². The second-order valence-electron chi connectivity index (χ2n) is 4.36. The van der Waals surface area contributed by atoms with Crippen LogP contribution >= 0.6 is 11.8 Å². The van der Waals surface area contributed by atoms with Crippen LogP contribution in [0.25, 0.3) is 0 Å². The molecule has 2 nitrogen and oxygen atoms in total. The first kappa shape index (κ1) is 14.6. The number of aliphatic hydroxyl groups excluding tert-OH is 1. The highest BCUT2D eigenvalue weighted by Crippen LogP contribution is 2.16. The summed E-state index contributed by atoms with van der Waals surface area (Å²) in [5.74, 6) is 1.21. The van der Waals surface area contributed by atoms with Crippen molar-refractivity contribution >= 4 is 11.8 Å². The molecule has 1 aromatic carbocycles. The fraction of sp³-hybridized carbons (Fsp3) is 0.571. The molecule has 3 heteroatoms. The van der Waals surface area contributed by atoms with Gasteiger partial charge in [-0.25, -0.2) is 0 Å².